The second-order valence-corrected chi connectivity index (χ2v) is 6.05. The maximum Gasteiger partial charge on any atom is 0.231 e. The average Bonchev–Trinajstić information content (AvgIpc) is 3.18. The standard InChI is InChI=1S/C16H17N9/c1-9-11(7-25(24-9)16(2,3)8-18)21-15-22-13(19-4)12-10(5-17)6-20-14(12)23-15/h6-7H,1-4H3,(H3,19,20,21,22,23). The third-order valence-electron chi connectivity index (χ3n) is 3.88. The number of aryl methyl sites for hydroxylation is 1. The van der Waals surface area contributed by atoms with Crippen molar-refractivity contribution in [2.75, 3.05) is 17.7 Å². The van der Waals surface area contributed by atoms with Gasteiger partial charge < -0.3 is 15.6 Å². The number of fused-ring (bicyclic) bond motifs is 1. The maximum atomic E-state index is 9.26. The molecular formula is C16H17N9. The highest BCUT2D eigenvalue weighted by Gasteiger charge is 2.22. The zero-order valence-electron chi connectivity index (χ0n) is 14.3. The SMILES string of the molecule is CNc1nc(Nc2cn(C(C)(C)C#N)nc2C)nc2[nH]cc(C#N)c12. The summed E-state index contributed by atoms with van der Waals surface area (Å²) < 4.78 is 1.60. The molecule has 0 saturated carbocycles. The first-order valence-electron chi connectivity index (χ1n) is 7.61. The first-order chi connectivity index (χ1) is 11.9. The molecule has 0 bridgehead atoms. The van der Waals surface area contributed by atoms with E-state index in [-0.39, 0.29) is 0 Å². The quantitative estimate of drug-likeness (QED) is 0.667. The summed E-state index contributed by atoms with van der Waals surface area (Å²) in [7, 11) is 1.73. The molecule has 0 amide bonds. The molecule has 0 aromatic carbocycles. The van der Waals surface area contributed by atoms with Gasteiger partial charge in [0.05, 0.1) is 34.6 Å². The van der Waals surface area contributed by atoms with Crippen LogP contribution in [0.4, 0.5) is 17.5 Å². The summed E-state index contributed by atoms with van der Waals surface area (Å²) in [6.07, 6.45) is 3.35. The highest BCUT2D eigenvalue weighted by molar-refractivity contribution is 5.93. The number of nitrogens with one attached hydrogen (secondary N) is 3. The lowest BCUT2D eigenvalue weighted by atomic mass is 10.1. The van der Waals surface area contributed by atoms with Crippen LogP contribution in [0.2, 0.25) is 0 Å². The van der Waals surface area contributed by atoms with Gasteiger partial charge in [-0.05, 0) is 20.8 Å². The van der Waals surface area contributed by atoms with Crippen LogP contribution in [0.1, 0.15) is 25.1 Å². The zero-order valence-corrected chi connectivity index (χ0v) is 14.3. The van der Waals surface area contributed by atoms with Crippen molar-refractivity contribution in [3.63, 3.8) is 0 Å². The summed E-state index contributed by atoms with van der Waals surface area (Å²) in [6.45, 7) is 5.41. The van der Waals surface area contributed by atoms with Crippen LogP contribution in [-0.2, 0) is 5.54 Å². The first-order valence-corrected chi connectivity index (χ1v) is 7.61. The van der Waals surface area contributed by atoms with Crippen LogP contribution in [0.25, 0.3) is 11.0 Å². The van der Waals surface area contributed by atoms with Crippen LogP contribution >= 0.6 is 0 Å². The number of H-pyrrole nitrogens is 1. The molecule has 0 radical (unpaired) electrons. The van der Waals surface area contributed by atoms with Gasteiger partial charge in [-0.25, -0.2) is 0 Å². The van der Waals surface area contributed by atoms with E-state index in [4.69, 9.17) is 0 Å². The molecule has 0 aliphatic heterocycles. The van der Waals surface area contributed by atoms with E-state index in [2.05, 4.69) is 42.8 Å². The van der Waals surface area contributed by atoms with Crippen LogP contribution < -0.4 is 10.6 Å². The van der Waals surface area contributed by atoms with E-state index in [0.717, 1.165) is 5.69 Å². The number of anilines is 3. The molecule has 9 nitrogen and oxygen atoms in total. The third-order valence-corrected chi connectivity index (χ3v) is 3.88. The van der Waals surface area contributed by atoms with E-state index < -0.39 is 5.54 Å². The Morgan fingerprint density at radius 1 is 1.28 bits per heavy atom. The monoisotopic (exact) mass is 335 g/mol. The molecule has 0 fully saturated rings. The largest absolute Gasteiger partial charge is 0.372 e. The Labute approximate surface area is 144 Å². The van der Waals surface area contributed by atoms with E-state index >= 15 is 0 Å². The lowest BCUT2D eigenvalue weighted by Gasteiger charge is -2.15. The van der Waals surface area contributed by atoms with Gasteiger partial charge in [0, 0.05) is 13.2 Å². The first kappa shape index (κ1) is 16.3. The lowest BCUT2D eigenvalue weighted by Crippen LogP contribution is -2.24. The molecule has 25 heavy (non-hydrogen) atoms. The number of nitrogens with zero attached hydrogens (tertiary/aromatic N) is 6. The average molecular weight is 335 g/mol. The summed E-state index contributed by atoms with van der Waals surface area (Å²) in [5.74, 6) is 0.910. The Hall–Kier alpha value is -3.59. The van der Waals surface area contributed by atoms with Crippen molar-refractivity contribution in [3.8, 4) is 12.1 Å². The summed E-state index contributed by atoms with van der Waals surface area (Å²) in [5.41, 5.74) is 1.71. The zero-order chi connectivity index (χ0) is 18.2. The van der Waals surface area contributed by atoms with Crippen molar-refractivity contribution >= 4 is 28.5 Å². The topological polar surface area (TPSA) is 131 Å². The highest BCUT2D eigenvalue weighted by Crippen LogP contribution is 2.27. The molecule has 3 N–H and O–H groups in total. The third kappa shape index (κ3) is 2.72. The molecule has 0 aliphatic carbocycles. The van der Waals surface area contributed by atoms with Crippen molar-refractivity contribution in [1.82, 2.24) is 24.7 Å². The van der Waals surface area contributed by atoms with E-state index in [1.165, 1.54) is 0 Å². The minimum atomic E-state index is -0.757. The van der Waals surface area contributed by atoms with Gasteiger partial charge in [0.2, 0.25) is 5.95 Å². The van der Waals surface area contributed by atoms with Gasteiger partial charge in [-0.3, -0.25) is 4.68 Å². The van der Waals surface area contributed by atoms with Gasteiger partial charge >= 0.3 is 0 Å². The lowest BCUT2D eigenvalue weighted by molar-refractivity contribution is 0.416. The summed E-state index contributed by atoms with van der Waals surface area (Å²) in [4.78, 5) is 11.8. The number of hydrogen-bond donors (Lipinski definition) is 3. The molecule has 3 heterocycles. The Balaban J connectivity index is 2.02. The van der Waals surface area contributed by atoms with Crippen molar-refractivity contribution in [2.45, 2.75) is 26.3 Å². The van der Waals surface area contributed by atoms with Crippen LogP contribution in [-0.4, -0.2) is 31.8 Å². The molecule has 0 aliphatic rings. The molecule has 3 rings (SSSR count). The van der Waals surface area contributed by atoms with Crippen LogP contribution in [0, 0.1) is 29.6 Å². The fourth-order valence-corrected chi connectivity index (χ4v) is 2.40. The van der Waals surface area contributed by atoms with Crippen molar-refractivity contribution in [2.24, 2.45) is 0 Å². The van der Waals surface area contributed by atoms with Gasteiger partial charge in [0.25, 0.3) is 0 Å². The fourth-order valence-electron chi connectivity index (χ4n) is 2.40. The molecular weight excluding hydrogens is 318 g/mol. The Bertz CT molecular complexity index is 1030. The smallest absolute Gasteiger partial charge is 0.231 e. The van der Waals surface area contributed by atoms with Gasteiger partial charge in [-0.15, -0.1) is 0 Å². The molecule has 126 valence electrons. The minimum Gasteiger partial charge on any atom is -0.372 e. The van der Waals surface area contributed by atoms with E-state index in [9.17, 15) is 10.5 Å². The number of rotatable bonds is 4. The van der Waals surface area contributed by atoms with Crippen molar-refractivity contribution < 1.29 is 0 Å². The normalized spacial score (nSPS) is 11.1. The number of nitriles is 2. The molecule has 0 unspecified atom stereocenters. The molecule has 0 spiro atoms. The second kappa shape index (κ2) is 5.80. The summed E-state index contributed by atoms with van der Waals surface area (Å²) >= 11 is 0. The van der Waals surface area contributed by atoms with Gasteiger partial charge in [0.1, 0.15) is 23.1 Å². The van der Waals surface area contributed by atoms with Crippen LogP contribution in [0.15, 0.2) is 12.4 Å². The van der Waals surface area contributed by atoms with Crippen molar-refractivity contribution in [1.29, 1.82) is 10.5 Å². The predicted molar refractivity (Wildman–Crippen MR) is 93.3 cm³/mol. The Morgan fingerprint density at radius 2 is 2.04 bits per heavy atom. The van der Waals surface area contributed by atoms with E-state index in [1.807, 2.05) is 6.92 Å². The van der Waals surface area contributed by atoms with E-state index in [0.29, 0.717) is 34.1 Å². The Kier molecular flexibility index (Phi) is 3.78. The highest BCUT2D eigenvalue weighted by atomic mass is 15.3. The number of hydrogen-bond acceptors (Lipinski definition) is 7. The van der Waals surface area contributed by atoms with Gasteiger partial charge in [-0.1, -0.05) is 0 Å². The van der Waals surface area contributed by atoms with E-state index in [1.54, 1.807) is 38.0 Å². The van der Waals surface area contributed by atoms with Crippen LogP contribution in [0.5, 0.6) is 0 Å². The minimum absolute atomic E-state index is 0.362. The predicted octanol–water partition coefficient (Wildman–Crippen LogP) is 2.38. The Morgan fingerprint density at radius 3 is 2.68 bits per heavy atom. The number of aromatic nitrogens is 5. The maximum absolute atomic E-state index is 9.26. The molecule has 3 aromatic rings. The van der Waals surface area contributed by atoms with Crippen molar-refractivity contribution in [3.05, 3.63) is 23.7 Å². The second-order valence-electron chi connectivity index (χ2n) is 6.05. The molecule has 0 atom stereocenters. The molecule has 0 saturated heterocycles. The molecule has 9 heteroatoms. The fraction of sp³-hybridized carbons (Fsp3) is 0.312. The summed E-state index contributed by atoms with van der Waals surface area (Å²) in [5, 5.41) is 29.6. The van der Waals surface area contributed by atoms with Crippen LogP contribution in [0.3, 0.4) is 0 Å². The number of aromatic amines is 1. The summed E-state index contributed by atoms with van der Waals surface area (Å²) in [6, 6.07) is 4.32. The molecule has 3 aromatic heterocycles. The van der Waals surface area contributed by atoms with Gasteiger partial charge in [0.15, 0.2) is 0 Å². The van der Waals surface area contributed by atoms with Gasteiger partial charge in [-0.2, -0.15) is 25.6 Å².